The normalized spacial score (nSPS) is 25.0. The van der Waals surface area contributed by atoms with Crippen LogP contribution in [0.2, 0.25) is 0 Å². The summed E-state index contributed by atoms with van der Waals surface area (Å²) in [5.74, 6) is 1.37. The van der Waals surface area contributed by atoms with E-state index in [2.05, 4.69) is 22.2 Å². The van der Waals surface area contributed by atoms with Gasteiger partial charge >= 0.3 is 0 Å². The highest BCUT2D eigenvalue weighted by Crippen LogP contribution is 2.38. The Kier molecular flexibility index (Phi) is 4.47. The summed E-state index contributed by atoms with van der Waals surface area (Å²) >= 11 is 0. The molecular weight excluding hydrogens is 364 g/mol. The fourth-order valence-corrected chi connectivity index (χ4v) is 4.86. The smallest absolute Gasteiger partial charge is 0.228 e. The van der Waals surface area contributed by atoms with Crippen molar-refractivity contribution in [3.8, 4) is 17.0 Å². The molecule has 0 amide bonds. The third-order valence-electron chi connectivity index (χ3n) is 6.48. The van der Waals surface area contributed by atoms with E-state index in [9.17, 15) is 0 Å². The highest BCUT2D eigenvalue weighted by Gasteiger charge is 2.36. The van der Waals surface area contributed by atoms with Crippen molar-refractivity contribution in [2.24, 2.45) is 5.73 Å². The molecule has 0 spiro atoms. The number of fused-ring (bicyclic) bond motifs is 5. The van der Waals surface area contributed by atoms with Crippen LogP contribution >= 0.6 is 0 Å². The predicted octanol–water partition coefficient (Wildman–Crippen LogP) is 2.70. The first kappa shape index (κ1) is 18.1. The van der Waals surface area contributed by atoms with Gasteiger partial charge in [0.05, 0.1) is 5.56 Å². The number of nitrogens with zero attached hydrogens (tertiary/aromatic N) is 3. The Balaban J connectivity index is 1.42. The number of hydrogen-bond donors (Lipinski definition) is 3. The van der Waals surface area contributed by atoms with Crippen LogP contribution in [-0.4, -0.2) is 41.4 Å². The number of allylic oxidation sites excluding steroid dienone is 1. The highest BCUT2D eigenvalue weighted by molar-refractivity contribution is 6.08. The lowest BCUT2D eigenvalue weighted by atomic mass is 9.95. The molecule has 3 atom stereocenters. The number of aromatic nitrogens is 2. The maximum atomic E-state index is 7.50. The number of nitrogens with two attached hydrogens (primary N) is 1. The number of ether oxygens (including phenoxy) is 1. The van der Waals surface area contributed by atoms with Gasteiger partial charge in [0.25, 0.3) is 0 Å². The summed E-state index contributed by atoms with van der Waals surface area (Å²) in [6.45, 7) is 0.448. The molecule has 4 heterocycles. The zero-order valence-corrected chi connectivity index (χ0v) is 16.6. The fraction of sp³-hybridized carbons (Fsp3) is 0.409. The second kappa shape index (κ2) is 7.15. The molecule has 2 bridgehead atoms. The molecule has 0 saturated carbocycles. The molecule has 3 aliphatic rings. The maximum Gasteiger partial charge on any atom is 0.228 e. The lowest BCUT2D eigenvalue weighted by Gasteiger charge is -2.35. The van der Waals surface area contributed by atoms with Crippen LogP contribution < -0.4 is 20.7 Å². The second-order valence-corrected chi connectivity index (χ2v) is 8.19. The molecule has 2 aromatic rings. The summed E-state index contributed by atoms with van der Waals surface area (Å²) in [4.78, 5) is 11.6. The summed E-state index contributed by atoms with van der Waals surface area (Å²) in [6.07, 6.45) is 9.43. The molecule has 0 radical (unpaired) electrons. The Hall–Kier alpha value is -2.93. The van der Waals surface area contributed by atoms with E-state index in [1.165, 1.54) is 25.3 Å². The number of piperidine rings is 1. The van der Waals surface area contributed by atoms with Crippen LogP contribution in [0.1, 0.15) is 36.8 Å². The Morgan fingerprint density at radius 2 is 2.07 bits per heavy atom. The SMILES string of the molecule is CN(c1ncc2c(n1)OCc1cc(/C(C=N)=C/N)ccc1-2)C1C[C@H]2CC[C@@H](C1)N2. The minimum atomic E-state index is 0.448. The summed E-state index contributed by atoms with van der Waals surface area (Å²) in [5.41, 5.74) is 10.3. The Morgan fingerprint density at radius 1 is 1.28 bits per heavy atom. The number of rotatable bonds is 4. The first-order valence-electron chi connectivity index (χ1n) is 10.2. The minimum Gasteiger partial charge on any atom is -0.472 e. The lowest BCUT2D eigenvalue weighted by molar-refractivity contribution is 0.288. The van der Waals surface area contributed by atoms with Crippen molar-refractivity contribution in [3.63, 3.8) is 0 Å². The molecule has 150 valence electrons. The molecule has 4 N–H and O–H groups in total. The number of benzene rings is 1. The third-order valence-corrected chi connectivity index (χ3v) is 6.48. The Bertz CT molecular complexity index is 975. The fourth-order valence-electron chi connectivity index (χ4n) is 4.86. The van der Waals surface area contributed by atoms with Gasteiger partial charge in [-0.05, 0) is 48.4 Å². The van der Waals surface area contributed by atoms with Crippen LogP contribution in [0.5, 0.6) is 5.88 Å². The molecule has 2 saturated heterocycles. The predicted molar refractivity (Wildman–Crippen MR) is 114 cm³/mol. The van der Waals surface area contributed by atoms with Gasteiger partial charge in [0, 0.05) is 49.4 Å². The van der Waals surface area contributed by atoms with E-state index < -0.39 is 0 Å². The van der Waals surface area contributed by atoms with Crippen molar-refractivity contribution in [2.75, 3.05) is 11.9 Å². The summed E-state index contributed by atoms with van der Waals surface area (Å²) < 4.78 is 5.99. The highest BCUT2D eigenvalue weighted by atomic mass is 16.5. The quantitative estimate of drug-likeness (QED) is 0.694. The zero-order valence-electron chi connectivity index (χ0n) is 16.6. The van der Waals surface area contributed by atoms with Crippen LogP contribution in [0.4, 0.5) is 5.95 Å². The van der Waals surface area contributed by atoms with E-state index in [1.54, 1.807) is 0 Å². The average Bonchev–Trinajstić information content (AvgIpc) is 3.10. The molecule has 7 heteroatoms. The Morgan fingerprint density at radius 3 is 2.79 bits per heavy atom. The Labute approximate surface area is 170 Å². The van der Waals surface area contributed by atoms with E-state index in [4.69, 9.17) is 20.9 Å². The van der Waals surface area contributed by atoms with Gasteiger partial charge in [-0.15, -0.1) is 0 Å². The van der Waals surface area contributed by atoms with Crippen LogP contribution in [0.15, 0.2) is 30.6 Å². The molecule has 1 aromatic carbocycles. The van der Waals surface area contributed by atoms with Crippen LogP contribution in [0, 0.1) is 5.41 Å². The number of anilines is 1. The molecule has 29 heavy (non-hydrogen) atoms. The summed E-state index contributed by atoms with van der Waals surface area (Å²) in [6, 6.07) is 7.76. The molecule has 5 rings (SSSR count). The largest absolute Gasteiger partial charge is 0.472 e. The molecule has 0 aliphatic carbocycles. The van der Waals surface area contributed by atoms with Gasteiger partial charge in [0.2, 0.25) is 11.8 Å². The van der Waals surface area contributed by atoms with Gasteiger partial charge in [0.15, 0.2) is 0 Å². The summed E-state index contributed by atoms with van der Waals surface area (Å²) in [5, 5.41) is 11.2. The van der Waals surface area contributed by atoms with Crippen LogP contribution in [0.3, 0.4) is 0 Å². The molecule has 1 unspecified atom stereocenters. The molecule has 2 fully saturated rings. The van der Waals surface area contributed by atoms with Crippen molar-refractivity contribution >= 4 is 17.7 Å². The molecule has 1 aromatic heterocycles. The average molecular weight is 390 g/mol. The van der Waals surface area contributed by atoms with Crippen molar-refractivity contribution in [1.82, 2.24) is 15.3 Å². The van der Waals surface area contributed by atoms with Crippen molar-refractivity contribution in [3.05, 3.63) is 41.7 Å². The molecular formula is C22H26N6O. The zero-order chi connectivity index (χ0) is 20.0. The monoisotopic (exact) mass is 390 g/mol. The molecule has 7 nitrogen and oxygen atoms in total. The van der Waals surface area contributed by atoms with Crippen LogP contribution in [0.25, 0.3) is 16.7 Å². The van der Waals surface area contributed by atoms with Gasteiger partial charge in [-0.3, -0.25) is 0 Å². The second-order valence-electron chi connectivity index (χ2n) is 8.19. The van der Waals surface area contributed by atoms with E-state index in [-0.39, 0.29) is 0 Å². The standard InChI is InChI=1S/C22H26N6O/c1-28(18-7-16-3-4-17(8-18)26-16)22-25-11-20-19-5-2-13(15(9-23)10-24)6-14(19)12-29-21(20)27-22/h2,5-6,9-11,16-18,23,26H,3-4,7-8,12,24H2,1H3/b15-10+,23-9?/t16-,17+,18?. The summed E-state index contributed by atoms with van der Waals surface area (Å²) in [7, 11) is 2.10. The first-order chi connectivity index (χ1) is 14.2. The van der Waals surface area contributed by atoms with Crippen molar-refractivity contribution in [1.29, 1.82) is 5.41 Å². The van der Waals surface area contributed by atoms with Gasteiger partial charge in [-0.2, -0.15) is 4.98 Å². The third kappa shape index (κ3) is 3.15. The van der Waals surface area contributed by atoms with Crippen LogP contribution in [-0.2, 0) is 6.61 Å². The number of hydrogen-bond acceptors (Lipinski definition) is 7. The lowest BCUT2D eigenvalue weighted by Crippen LogP contribution is -2.47. The van der Waals surface area contributed by atoms with Gasteiger partial charge in [0.1, 0.15) is 6.61 Å². The van der Waals surface area contributed by atoms with E-state index in [0.717, 1.165) is 41.0 Å². The first-order valence-corrected chi connectivity index (χ1v) is 10.2. The van der Waals surface area contributed by atoms with E-state index in [0.29, 0.717) is 36.2 Å². The van der Waals surface area contributed by atoms with Gasteiger partial charge < -0.3 is 26.1 Å². The molecule has 3 aliphatic heterocycles. The van der Waals surface area contributed by atoms with E-state index in [1.807, 2.05) is 24.4 Å². The van der Waals surface area contributed by atoms with Crippen molar-refractivity contribution < 1.29 is 4.74 Å². The van der Waals surface area contributed by atoms with Gasteiger partial charge in [-0.25, -0.2) is 4.98 Å². The topological polar surface area (TPSA) is 100 Å². The van der Waals surface area contributed by atoms with Crippen molar-refractivity contribution in [2.45, 2.75) is 50.4 Å². The minimum absolute atomic E-state index is 0.448. The van der Waals surface area contributed by atoms with E-state index >= 15 is 0 Å². The number of nitrogens with one attached hydrogen (secondary N) is 2. The maximum absolute atomic E-state index is 7.50. The van der Waals surface area contributed by atoms with Gasteiger partial charge in [-0.1, -0.05) is 12.1 Å².